The molecule has 1 rings (SSSR count). The van der Waals surface area contributed by atoms with E-state index in [9.17, 15) is 4.79 Å². The molecule has 4 heteroatoms. The minimum Gasteiger partial charge on any atom is -0.394 e. The highest BCUT2D eigenvalue weighted by Gasteiger charge is 2.14. The van der Waals surface area contributed by atoms with Gasteiger partial charge in [-0.25, -0.2) is 0 Å². The second kappa shape index (κ2) is 6.77. The van der Waals surface area contributed by atoms with Crippen LogP contribution in [0, 0.1) is 17.2 Å². The van der Waals surface area contributed by atoms with Gasteiger partial charge in [-0.15, -0.1) is 0 Å². The summed E-state index contributed by atoms with van der Waals surface area (Å²) in [5.74, 6) is 0.0763. The molecule has 0 aliphatic carbocycles. The van der Waals surface area contributed by atoms with E-state index in [2.05, 4.69) is 5.32 Å². The molecular formula is C14H18N2O2. The van der Waals surface area contributed by atoms with Crippen molar-refractivity contribution < 1.29 is 9.90 Å². The van der Waals surface area contributed by atoms with Gasteiger partial charge in [0.15, 0.2) is 0 Å². The van der Waals surface area contributed by atoms with Crippen LogP contribution in [0.15, 0.2) is 24.3 Å². The summed E-state index contributed by atoms with van der Waals surface area (Å²) in [5, 5.41) is 20.6. The fraction of sp³-hybridized carbons (Fsp3) is 0.429. The van der Waals surface area contributed by atoms with Crippen LogP contribution < -0.4 is 5.32 Å². The molecule has 0 bridgehead atoms. The summed E-state index contributed by atoms with van der Waals surface area (Å²) in [4.78, 5) is 11.8. The van der Waals surface area contributed by atoms with Crippen LogP contribution >= 0.6 is 0 Å². The summed E-state index contributed by atoms with van der Waals surface area (Å²) < 4.78 is 0. The Bertz CT molecular complexity index is 432. The molecule has 1 aromatic rings. The molecule has 0 unspecified atom stereocenters. The van der Waals surface area contributed by atoms with Crippen LogP contribution in [0.2, 0.25) is 0 Å². The molecule has 0 aromatic heterocycles. The second-order valence-electron chi connectivity index (χ2n) is 4.59. The Labute approximate surface area is 107 Å². The van der Waals surface area contributed by atoms with Gasteiger partial charge in [0.2, 0.25) is 5.91 Å². The predicted octanol–water partition coefficient (Wildman–Crippen LogP) is 1.23. The second-order valence-corrected chi connectivity index (χ2v) is 4.59. The van der Waals surface area contributed by atoms with E-state index in [0.29, 0.717) is 5.56 Å². The molecule has 1 atom stereocenters. The molecule has 0 heterocycles. The third-order valence-electron chi connectivity index (χ3n) is 2.80. The number of nitrogens with zero attached hydrogens (tertiary/aromatic N) is 1. The highest BCUT2D eigenvalue weighted by atomic mass is 16.3. The van der Waals surface area contributed by atoms with Crippen molar-refractivity contribution >= 4 is 5.91 Å². The molecule has 1 amide bonds. The van der Waals surface area contributed by atoms with Gasteiger partial charge in [0.05, 0.1) is 30.7 Å². The van der Waals surface area contributed by atoms with Crippen molar-refractivity contribution in [1.29, 1.82) is 5.26 Å². The van der Waals surface area contributed by atoms with Crippen molar-refractivity contribution in [2.45, 2.75) is 26.3 Å². The van der Waals surface area contributed by atoms with E-state index in [1.807, 2.05) is 19.9 Å². The van der Waals surface area contributed by atoms with Gasteiger partial charge in [-0.2, -0.15) is 5.26 Å². The Morgan fingerprint density at radius 3 is 2.44 bits per heavy atom. The first-order chi connectivity index (χ1) is 8.56. The van der Waals surface area contributed by atoms with Gasteiger partial charge in [-0.1, -0.05) is 26.0 Å². The molecule has 0 aliphatic heterocycles. The van der Waals surface area contributed by atoms with E-state index in [-0.39, 0.29) is 30.9 Å². The van der Waals surface area contributed by atoms with Crippen molar-refractivity contribution in [2.24, 2.45) is 5.92 Å². The number of nitrogens with one attached hydrogen (secondary N) is 1. The Morgan fingerprint density at radius 2 is 2.00 bits per heavy atom. The standard InChI is InChI=1S/C14H18N2O2/c1-10(2)13(9-17)16-14(18)7-11-3-5-12(8-15)6-4-11/h3-6,10,13,17H,7,9H2,1-2H3,(H,16,18)/t13-/m1/s1. The zero-order valence-electron chi connectivity index (χ0n) is 10.7. The summed E-state index contributed by atoms with van der Waals surface area (Å²) in [6, 6.07) is 8.73. The molecule has 0 radical (unpaired) electrons. The molecule has 1 aromatic carbocycles. The van der Waals surface area contributed by atoms with Crippen LogP contribution in [-0.4, -0.2) is 23.7 Å². The Kier molecular flexibility index (Phi) is 5.34. The molecule has 2 N–H and O–H groups in total. The average Bonchev–Trinajstić information content (AvgIpc) is 2.36. The third-order valence-corrected chi connectivity index (χ3v) is 2.80. The third kappa shape index (κ3) is 4.19. The molecular weight excluding hydrogens is 228 g/mol. The maximum Gasteiger partial charge on any atom is 0.224 e. The molecule has 0 fully saturated rings. The highest BCUT2D eigenvalue weighted by Crippen LogP contribution is 2.05. The van der Waals surface area contributed by atoms with Crippen LogP contribution in [0.25, 0.3) is 0 Å². The smallest absolute Gasteiger partial charge is 0.224 e. The van der Waals surface area contributed by atoms with Gasteiger partial charge in [0, 0.05) is 0 Å². The number of amides is 1. The molecule has 0 saturated carbocycles. The van der Waals surface area contributed by atoms with Gasteiger partial charge in [0.25, 0.3) is 0 Å². The summed E-state index contributed by atoms with van der Waals surface area (Å²) in [6.07, 6.45) is 0.259. The Hall–Kier alpha value is -1.86. The fourth-order valence-corrected chi connectivity index (χ4v) is 1.56. The highest BCUT2D eigenvalue weighted by molar-refractivity contribution is 5.78. The minimum atomic E-state index is -0.212. The normalized spacial score (nSPS) is 11.9. The minimum absolute atomic E-state index is 0.0588. The number of benzene rings is 1. The number of hydrogen-bond acceptors (Lipinski definition) is 3. The van der Waals surface area contributed by atoms with Gasteiger partial charge in [-0.3, -0.25) is 4.79 Å². The molecule has 18 heavy (non-hydrogen) atoms. The van der Waals surface area contributed by atoms with Crippen molar-refractivity contribution in [1.82, 2.24) is 5.32 Å². The quantitative estimate of drug-likeness (QED) is 0.820. The summed E-state index contributed by atoms with van der Waals surface area (Å²) in [7, 11) is 0. The van der Waals surface area contributed by atoms with Crippen molar-refractivity contribution in [3.63, 3.8) is 0 Å². The Morgan fingerprint density at radius 1 is 1.39 bits per heavy atom. The number of nitriles is 1. The van der Waals surface area contributed by atoms with E-state index in [1.165, 1.54) is 0 Å². The van der Waals surface area contributed by atoms with E-state index < -0.39 is 0 Å². The van der Waals surface area contributed by atoms with Crippen LogP contribution in [0.1, 0.15) is 25.0 Å². The van der Waals surface area contributed by atoms with Crippen molar-refractivity contribution in [3.05, 3.63) is 35.4 Å². The van der Waals surface area contributed by atoms with Gasteiger partial charge in [0.1, 0.15) is 0 Å². The number of rotatable bonds is 5. The van der Waals surface area contributed by atoms with Crippen LogP contribution in [-0.2, 0) is 11.2 Å². The number of carbonyl (C=O) groups excluding carboxylic acids is 1. The molecule has 4 nitrogen and oxygen atoms in total. The van der Waals surface area contributed by atoms with Gasteiger partial charge < -0.3 is 10.4 Å². The summed E-state index contributed by atoms with van der Waals surface area (Å²) in [5.41, 5.74) is 1.43. The topological polar surface area (TPSA) is 73.1 Å². The maximum absolute atomic E-state index is 11.8. The van der Waals surface area contributed by atoms with Crippen LogP contribution in [0.5, 0.6) is 0 Å². The van der Waals surface area contributed by atoms with Gasteiger partial charge >= 0.3 is 0 Å². The SMILES string of the molecule is CC(C)[C@@H](CO)NC(=O)Cc1ccc(C#N)cc1. The van der Waals surface area contributed by atoms with Crippen molar-refractivity contribution in [2.75, 3.05) is 6.61 Å². The lowest BCUT2D eigenvalue weighted by molar-refractivity contribution is -0.121. The first kappa shape index (κ1) is 14.2. The van der Waals surface area contributed by atoms with E-state index >= 15 is 0 Å². The lowest BCUT2D eigenvalue weighted by Crippen LogP contribution is -2.41. The van der Waals surface area contributed by atoms with E-state index in [0.717, 1.165) is 5.56 Å². The first-order valence-electron chi connectivity index (χ1n) is 5.96. The number of hydrogen-bond donors (Lipinski definition) is 2. The van der Waals surface area contributed by atoms with Crippen molar-refractivity contribution in [3.8, 4) is 6.07 Å². The lowest BCUT2D eigenvalue weighted by Gasteiger charge is -2.19. The monoisotopic (exact) mass is 246 g/mol. The van der Waals surface area contributed by atoms with E-state index in [1.54, 1.807) is 24.3 Å². The van der Waals surface area contributed by atoms with Gasteiger partial charge in [-0.05, 0) is 23.6 Å². The predicted molar refractivity (Wildman–Crippen MR) is 68.7 cm³/mol. The molecule has 0 aliphatic rings. The fourth-order valence-electron chi connectivity index (χ4n) is 1.56. The number of aliphatic hydroxyl groups is 1. The lowest BCUT2D eigenvalue weighted by atomic mass is 10.0. The summed E-state index contributed by atoms with van der Waals surface area (Å²) >= 11 is 0. The summed E-state index contributed by atoms with van der Waals surface area (Å²) in [6.45, 7) is 3.84. The largest absolute Gasteiger partial charge is 0.394 e. The maximum atomic E-state index is 11.8. The average molecular weight is 246 g/mol. The molecule has 0 spiro atoms. The first-order valence-corrected chi connectivity index (χ1v) is 5.96. The molecule has 96 valence electrons. The zero-order valence-corrected chi connectivity index (χ0v) is 10.7. The van der Waals surface area contributed by atoms with Crippen LogP contribution in [0.4, 0.5) is 0 Å². The molecule has 0 saturated heterocycles. The Balaban J connectivity index is 2.56. The zero-order chi connectivity index (χ0) is 13.5. The number of carbonyl (C=O) groups is 1. The van der Waals surface area contributed by atoms with Crippen LogP contribution in [0.3, 0.4) is 0 Å². The van der Waals surface area contributed by atoms with E-state index in [4.69, 9.17) is 10.4 Å². The number of aliphatic hydroxyl groups excluding tert-OH is 1.